The molecule has 138 valence electrons. The average molecular weight is 366 g/mol. The molecule has 4 rings (SSSR count). The van der Waals surface area contributed by atoms with Gasteiger partial charge < -0.3 is 5.32 Å². The predicted molar refractivity (Wildman–Crippen MR) is 94.0 cm³/mol. The van der Waals surface area contributed by atoms with Crippen LogP contribution in [0.5, 0.6) is 0 Å². The summed E-state index contributed by atoms with van der Waals surface area (Å²) in [7, 11) is 0. The lowest BCUT2D eigenvalue weighted by Crippen LogP contribution is -2.42. The van der Waals surface area contributed by atoms with Gasteiger partial charge in [0, 0.05) is 37.3 Å². The number of nitriles is 1. The first-order chi connectivity index (χ1) is 12.2. The fourth-order valence-electron chi connectivity index (χ4n) is 3.50. The Labute approximate surface area is 152 Å². The molecule has 3 fully saturated rings. The topological polar surface area (TPSA) is 82.4 Å². The van der Waals surface area contributed by atoms with Gasteiger partial charge in [0.1, 0.15) is 6.04 Å². The number of hydrogen-bond donors (Lipinski definition) is 1. The number of likely N-dealkylation sites (tertiary alicyclic amines) is 1. The zero-order valence-electron chi connectivity index (χ0n) is 14.5. The number of rotatable bonds is 7. The smallest absolute Gasteiger partial charge is 0.234 e. The second-order valence-electron chi connectivity index (χ2n) is 7.27. The van der Waals surface area contributed by atoms with E-state index in [1.54, 1.807) is 0 Å². The molecule has 1 aliphatic carbocycles. The van der Waals surface area contributed by atoms with Crippen LogP contribution in [0.25, 0.3) is 0 Å². The predicted octanol–water partition coefficient (Wildman–Crippen LogP) is 0.697. The maximum absolute atomic E-state index is 11.9. The van der Waals surface area contributed by atoms with E-state index in [0.29, 0.717) is 18.6 Å². The lowest BCUT2D eigenvalue weighted by molar-refractivity contribution is -0.122. The van der Waals surface area contributed by atoms with Crippen LogP contribution in [-0.4, -0.2) is 75.3 Å². The molecule has 0 bridgehead atoms. The van der Waals surface area contributed by atoms with Crippen molar-refractivity contribution in [1.82, 2.24) is 24.8 Å². The highest BCUT2D eigenvalue weighted by molar-refractivity contribution is 7.99. The minimum Gasteiger partial charge on any atom is -0.352 e. The summed E-state index contributed by atoms with van der Waals surface area (Å²) in [5.74, 6) is 2.02. The van der Waals surface area contributed by atoms with E-state index < -0.39 is 0 Å². The minimum atomic E-state index is 0.0448. The van der Waals surface area contributed by atoms with E-state index in [9.17, 15) is 4.79 Å². The van der Waals surface area contributed by atoms with Crippen molar-refractivity contribution < 1.29 is 9.42 Å². The van der Waals surface area contributed by atoms with E-state index in [1.807, 2.05) is 21.5 Å². The van der Waals surface area contributed by atoms with Gasteiger partial charge in [0.15, 0.2) is 0 Å². The molecule has 3 heterocycles. The van der Waals surface area contributed by atoms with Crippen LogP contribution in [-0.2, 0) is 11.3 Å². The van der Waals surface area contributed by atoms with Gasteiger partial charge in [-0.1, -0.05) is 9.71 Å². The summed E-state index contributed by atoms with van der Waals surface area (Å²) < 4.78 is 5.61. The Morgan fingerprint density at radius 2 is 2.04 bits per heavy atom. The highest BCUT2D eigenvalue weighted by Gasteiger charge is 2.30. The van der Waals surface area contributed by atoms with E-state index in [4.69, 9.17) is 9.89 Å². The molecule has 25 heavy (non-hydrogen) atoms. The fourth-order valence-corrected chi connectivity index (χ4v) is 4.66. The van der Waals surface area contributed by atoms with Gasteiger partial charge >= 0.3 is 0 Å². The molecule has 0 radical (unpaired) electrons. The Hall–Kier alpha value is -1.37. The van der Waals surface area contributed by atoms with Crippen molar-refractivity contribution in [3.05, 3.63) is 0 Å². The summed E-state index contributed by atoms with van der Waals surface area (Å²) in [4.78, 5) is 20.2. The third-order valence-corrected chi connectivity index (χ3v) is 6.32. The molecule has 1 aromatic rings. The number of thioether (sulfide) groups is 1. The second kappa shape index (κ2) is 7.48. The van der Waals surface area contributed by atoms with Crippen LogP contribution in [0.15, 0.2) is 4.63 Å². The van der Waals surface area contributed by atoms with Crippen molar-refractivity contribution in [2.75, 3.05) is 37.8 Å². The molecule has 2 aliphatic heterocycles. The molecule has 1 unspecified atom stereocenters. The van der Waals surface area contributed by atoms with Crippen LogP contribution in [0.4, 0.5) is 0 Å². The highest BCUT2D eigenvalue weighted by atomic mass is 32.2. The van der Waals surface area contributed by atoms with E-state index in [0.717, 1.165) is 63.5 Å². The third kappa shape index (κ3) is 4.43. The van der Waals surface area contributed by atoms with Crippen LogP contribution < -0.4 is 5.32 Å². The minimum absolute atomic E-state index is 0.0448. The van der Waals surface area contributed by atoms with Crippen molar-refractivity contribution in [2.24, 2.45) is 0 Å². The maximum Gasteiger partial charge on any atom is 0.234 e. The molecule has 3 aliphatic rings. The molecule has 0 spiro atoms. The highest BCUT2D eigenvalue weighted by Crippen LogP contribution is 2.26. The van der Waals surface area contributed by atoms with Gasteiger partial charge in [-0.2, -0.15) is 5.26 Å². The summed E-state index contributed by atoms with van der Waals surface area (Å²) in [5, 5.41) is 12.2. The van der Waals surface area contributed by atoms with E-state index >= 15 is 0 Å². The SMILES string of the molecule is N#CC1CSCN1CCn1on1C1CCN(CC(=O)NC2CC2)CC1. The van der Waals surface area contributed by atoms with Crippen LogP contribution >= 0.6 is 11.8 Å². The van der Waals surface area contributed by atoms with E-state index in [-0.39, 0.29) is 11.9 Å². The zero-order chi connectivity index (χ0) is 17.2. The van der Waals surface area contributed by atoms with Gasteiger partial charge in [-0.15, -0.1) is 11.8 Å². The number of carbonyl (C=O) groups excluding carboxylic acids is 1. The van der Waals surface area contributed by atoms with Crippen LogP contribution in [0.1, 0.15) is 31.7 Å². The molecule has 8 nitrogen and oxygen atoms in total. The number of aromatic nitrogens is 2. The first kappa shape index (κ1) is 17.1. The van der Waals surface area contributed by atoms with Gasteiger partial charge in [0.25, 0.3) is 0 Å². The Morgan fingerprint density at radius 1 is 1.24 bits per heavy atom. The van der Waals surface area contributed by atoms with Gasteiger partial charge in [-0.3, -0.25) is 19.2 Å². The summed E-state index contributed by atoms with van der Waals surface area (Å²) in [6.45, 7) is 4.08. The standard InChI is InChI=1S/C16H26N6O2S/c17-9-15-11-25-12-20(15)7-8-21-22(24-21)14-3-5-19(6-4-14)10-16(23)18-13-1-2-13/h13-15H,1-8,10-12H2,(H,18,23). The summed E-state index contributed by atoms with van der Waals surface area (Å²) >= 11 is 1.82. The normalized spacial score (nSPS) is 26.1. The summed E-state index contributed by atoms with van der Waals surface area (Å²) in [6.07, 6.45) is 4.32. The van der Waals surface area contributed by atoms with Gasteiger partial charge in [-0.25, -0.2) is 0 Å². The van der Waals surface area contributed by atoms with Crippen molar-refractivity contribution >= 4 is 17.7 Å². The second-order valence-corrected chi connectivity index (χ2v) is 8.27. The Bertz CT molecular complexity index is 619. The third-order valence-electron chi connectivity index (χ3n) is 5.25. The Morgan fingerprint density at radius 3 is 2.76 bits per heavy atom. The first-order valence-corrected chi connectivity index (χ1v) is 10.4. The molecule has 0 aromatic carbocycles. The number of nitrogens with one attached hydrogen (secondary N) is 1. The molecule has 1 saturated carbocycles. The Balaban J connectivity index is 1.16. The van der Waals surface area contributed by atoms with E-state index in [1.165, 1.54) is 0 Å². The number of hydrogen-bond acceptors (Lipinski definition) is 6. The van der Waals surface area contributed by atoms with Crippen molar-refractivity contribution in [1.29, 1.82) is 5.26 Å². The average Bonchev–Trinajstić information content (AvgIpc) is 3.53. The van der Waals surface area contributed by atoms with Crippen molar-refractivity contribution in [3.8, 4) is 6.07 Å². The number of nitrogens with zero attached hydrogens (tertiary/aromatic N) is 5. The molecule has 1 amide bonds. The zero-order valence-corrected chi connectivity index (χ0v) is 15.3. The molecule has 9 heteroatoms. The first-order valence-electron chi connectivity index (χ1n) is 9.21. The lowest BCUT2D eigenvalue weighted by atomic mass is 10.1. The lowest BCUT2D eigenvalue weighted by Gasteiger charge is -2.29. The monoisotopic (exact) mass is 366 g/mol. The maximum atomic E-state index is 11.9. The number of amides is 1. The quantitative estimate of drug-likeness (QED) is 0.765. The Kier molecular flexibility index (Phi) is 5.10. The molecule has 1 aromatic heterocycles. The molecule has 1 atom stereocenters. The van der Waals surface area contributed by atoms with Crippen LogP contribution in [0, 0.1) is 11.3 Å². The van der Waals surface area contributed by atoms with E-state index in [2.05, 4.69) is 21.2 Å². The van der Waals surface area contributed by atoms with Crippen molar-refractivity contribution in [2.45, 2.75) is 50.4 Å². The van der Waals surface area contributed by atoms with Gasteiger partial charge in [0.05, 0.1) is 25.2 Å². The molecular formula is C16H26N6O2S. The van der Waals surface area contributed by atoms with Gasteiger partial charge in [-0.05, 0) is 25.7 Å². The van der Waals surface area contributed by atoms with Crippen LogP contribution in [0.3, 0.4) is 0 Å². The largest absolute Gasteiger partial charge is 0.352 e. The summed E-state index contributed by atoms with van der Waals surface area (Å²) in [5.41, 5.74) is 0. The number of carbonyl (C=O) groups is 1. The molecular weight excluding hydrogens is 340 g/mol. The fraction of sp³-hybridized carbons (Fsp3) is 0.875. The van der Waals surface area contributed by atoms with Crippen LogP contribution in [0.2, 0.25) is 0 Å². The molecule has 1 N–H and O–H groups in total. The van der Waals surface area contributed by atoms with Gasteiger partial charge in [0.2, 0.25) is 5.91 Å². The van der Waals surface area contributed by atoms with Crippen molar-refractivity contribution in [3.63, 3.8) is 0 Å². The summed E-state index contributed by atoms with van der Waals surface area (Å²) in [6, 6.07) is 3.26. The molecule has 2 saturated heterocycles. The number of piperidine rings is 1.